The monoisotopic (exact) mass is 430 g/mol. The van der Waals surface area contributed by atoms with E-state index in [1.807, 2.05) is 69.3 Å². The number of nitrogens with one attached hydrogen (secondary N) is 2. The van der Waals surface area contributed by atoms with E-state index in [0.29, 0.717) is 22.7 Å². The van der Waals surface area contributed by atoms with Gasteiger partial charge in [-0.1, -0.05) is 48.0 Å². The first-order chi connectivity index (χ1) is 15.4. The number of fused-ring (bicyclic) bond motifs is 1. The van der Waals surface area contributed by atoms with Crippen LogP contribution in [0.1, 0.15) is 46.9 Å². The summed E-state index contributed by atoms with van der Waals surface area (Å²) in [6, 6.07) is 15.0. The normalized spacial score (nSPS) is 15.1. The van der Waals surface area contributed by atoms with Crippen molar-refractivity contribution in [3.05, 3.63) is 88.3 Å². The Hall–Kier alpha value is -3.87. The number of allylic oxidation sites excluding steroid dienone is 1. The van der Waals surface area contributed by atoms with Crippen molar-refractivity contribution >= 4 is 23.4 Å². The highest BCUT2D eigenvalue weighted by Gasteiger charge is 2.35. The number of ether oxygens (including phenoxy) is 1. The Balaban J connectivity index is 1.75. The maximum atomic E-state index is 13.1. The molecule has 1 aliphatic rings. The second-order valence-corrected chi connectivity index (χ2v) is 7.82. The molecule has 164 valence electrons. The van der Waals surface area contributed by atoms with Gasteiger partial charge in [0.25, 0.3) is 5.91 Å². The summed E-state index contributed by atoms with van der Waals surface area (Å²) in [6.07, 6.45) is 1.53. The molecule has 1 aromatic heterocycles. The lowest BCUT2D eigenvalue weighted by Crippen LogP contribution is -2.30. The van der Waals surface area contributed by atoms with E-state index < -0.39 is 12.0 Å². The molecule has 0 aliphatic carbocycles. The van der Waals surface area contributed by atoms with Gasteiger partial charge in [0.1, 0.15) is 17.4 Å². The summed E-state index contributed by atoms with van der Waals surface area (Å²) in [5.74, 6) is -0.148. The minimum atomic E-state index is -0.505. The molecule has 7 nitrogen and oxygen atoms in total. The molecule has 0 spiro atoms. The van der Waals surface area contributed by atoms with Crippen LogP contribution in [0.25, 0.3) is 0 Å². The third-order valence-electron chi connectivity index (χ3n) is 5.51. The number of carbonyl (C=O) groups excluding carboxylic acids is 2. The molecule has 1 unspecified atom stereocenters. The molecule has 1 aliphatic heterocycles. The van der Waals surface area contributed by atoms with Gasteiger partial charge in [-0.25, -0.2) is 9.48 Å². The second kappa shape index (κ2) is 8.70. The van der Waals surface area contributed by atoms with Crippen LogP contribution in [0.15, 0.2) is 66.0 Å². The number of esters is 1. The van der Waals surface area contributed by atoms with Crippen LogP contribution in [0.5, 0.6) is 0 Å². The van der Waals surface area contributed by atoms with Gasteiger partial charge in [-0.3, -0.25) is 4.79 Å². The fraction of sp³-hybridized carbons (Fsp3) is 0.240. The molecular formula is C25H26N4O3. The first-order valence-electron chi connectivity index (χ1n) is 10.6. The van der Waals surface area contributed by atoms with Gasteiger partial charge in [-0.05, 0) is 44.9 Å². The SMILES string of the molecule is CCOC(=O)C1=C(C)Nc2c(C(=O)Nc3ccc(C)cc3C)cnn2C1c1ccccc1. The maximum Gasteiger partial charge on any atom is 0.338 e. The summed E-state index contributed by atoms with van der Waals surface area (Å²) < 4.78 is 6.99. The standard InChI is InChI=1S/C25H26N4O3/c1-5-32-25(31)21-17(4)27-23-19(24(30)28-20-12-11-15(2)13-16(20)3)14-26-29(23)22(21)18-9-7-6-8-10-18/h6-14,22,27H,5H2,1-4H3,(H,28,30). The summed E-state index contributed by atoms with van der Waals surface area (Å²) in [4.78, 5) is 25.9. The lowest BCUT2D eigenvalue weighted by atomic mass is 9.95. The van der Waals surface area contributed by atoms with Crippen LogP contribution in [-0.4, -0.2) is 28.3 Å². The highest BCUT2D eigenvalue weighted by molar-refractivity contribution is 6.08. The summed E-state index contributed by atoms with van der Waals surface area (Å²) in [5, 5.41) is 10.7. The van der Waals surface area contributed by atoms with Crippen LogP contribution in [-0.2, 0) is 9.53 Å². The van der Waals surface area contributed by atoms with Gasteiger partial charge in [0, 0.05) is 11.4 Å². The van der Waals surface area contributed by atoms with Crippen LogP contribution in [0.2, 0.25) is 0 Å². The largest absolute Gasteiger partial charge is 0.463 e. The molecule has 0 bridgehead atoms. The van der Waals surface area contributed by atoms with Crippen molar-refractivity contribution in [1.82, 2.24) is 9.78 Å². The highest BCUT2D eigenvalue weighted by Crippen LogP contribution is 2.38. The number of nitrogens with zero attached hydrogens (tertiary/aromatic N) is 2. The third-order valence-corrected chi connectivity index (χ3v) is 5.51. The number of hydrogen-bond donors (Lipinski definition) is 2. The molecule has 32 heavy (non-hydrogen) atoms. The van der Waals surface area contributed by atoms with E-state index in [0.717, 1.165) is 22.4 Å². The van der Waals surface area contributed by atoms with E-state index in [1.54, 1.807) is 11.6 Å². The molecule has 3 aromatic rings. The minimum absolute atomic E-state index is 0.270. The number of carbonyl (C=O) groups is 2. The Morgan fingerprint density at radius 2 is 1.88 bits per heavy atom. The van der Waals surface area contributed by atoms with Gasteiger partial charge in [-0.15, -0.1) is 0 Å². The van der Waals surface area contributed by atoms with Gasteiger partial charge in [-0.2, -0.15) is 5.10 Å². The zero-order valence-corrected chi connectivity index (χ0v) is 18.6. The lowest BCUT2D eigenvalue weighted by Gasteiger charge is -2.29. The van der Waals surface area contributed by atoms with Crippen molar-refractivity contribution in [2.45, 2.75) is 33.7 Å². The average Bonchev–Trinajstić information content (AvgIpc) is 3.19. The van der Waals surface area contributed by atoms with E-state index in [2.05, 4.69) is 15.7 Å². The van der Waals surface area contributed by atoms with Crippen molar-refractivity contribution in [1.29, 1.82) is 0 Å². The zero-order valence-electron chi connectivity index (χ0n) is 18.6. The molecular weight excluding hydrogens is 404 g/mol. The van der Waals surface area contributed by atoms with Crippen LogP contribution in [0, 0.1) is 13.8 Å². The van der Waals surface area contributed by atoms with Crippen LogP contribution in [0.3, 0.4) is 0 Å². The number of anilines is 2. The molecule has 0 saturated carbocycles. The zero-order chi connectivity index (χ0) is 22.8. The Morgan fingerprint density at radius 3 is 2.56 bits per heavy atom. The molecule has 7 heteroatoms. The molecule has 4 rings (SSSR count). The van der Waals surface area contributed by atoms with Gasteiger partial charge in [0.05, 0.1) is 18.4 Å². The number of aryl methyl sites for hydroxylation is 2. The Morgan fingerprint density at radius 1 is 1.12 bits per heavy atom. The third kappa shape index (κ3) is 3.89. The maximum absolute atomic E-state index is 13.1. The molecule has 1 amide bonds. The molecule has 0 radical (unpaired) electrons. The molecule has 0 fully saturated rings. The molecule has 1 atom stereocenters. The Kier molecular flexibility index (Phi) is 5.81. The van der Waals surface area contributed by atoms with Gasteiger partial charge in [0.15, 0.2) is 0 Å². The molecule has 2 N–H and O–H groups in total. The number of rotatable bonds is 5. The predicted molar refractivity (Wildman–Crippen MR) is 124 cm³/mol. The smallest absolute Gasteiger partial charge is 0.338 e. The average molecular weight is 431 g/mol. The summed E-state index contributed by atoms with van der Waals surface area (Å²) in [5.41, 5.74) is 5.23. The van der Waals surface area contributed by atoms with Crippen molar-refractivity contribution in [2.24, 2.45) is 0 Å². The number of hydrogen-bond acceptors (Lipinski definition) is 5. The van der Waals surface area contributed by atoms with E-state index in [4.69, 9.17) is 4.74 Å². The van der Waals surface area contributed by atoms with E-state index in [-0.39, 0.29) is 12.5 Å². The second-order valence-electron chi connectivity index (χ2n) is 7.82. The molecule has 2 aromatic carbocycles. The van der Waals surface area contributed by atoms with Crippen molar-refractivity contribution < 1.29 is 14.3 Å². The number of amides is 1. The predicted octanol–water partition coefficient (Wildman–Crippen LogP) is 4.60. The van der Waals surface area contributed by atoms with Gasteiger partial charge in [0.2, 0.25) is 0 Å². The molecule has 2 heterocycles. The number of aromatic nitrogens is 2. The lowest BCUT2D eigenvalue weighted by molar-refractivity contribution is -0.139. The van der Waals surface area contributed by atoms with E-state index >= 15 is 0 Å². The number of benzene rings is 2. The first kappa shape index (κ1) is 21.4. The minimum Gasteiger partial charge on any atom is -0.463 e. The fourth-order valence-corrected chi connectivity index (χ4v) is 3.98. The summed E-state index contributed by atoms with van der Waals surface area (Å²) in [7, 11) is 0. The topological polar surface area (TPSA) is 85.2 Å². The highest BCUT2D eigenvalue weighted by atomic mass is 16.5. The van der Waals surface area contributed by atoms with Gasteiger partial charge < -0.3 is 15.4 Å². The first-order valence-corrected chi connectivity index (χ1v) is 10.6. The van der Waals surface area contributed by atoms with Crippen LogP contribution in [0.4, 0.5) is 11.5 Å². The Bertz CT molecular complexity index is 1210. The van der Waals surface area contributed by atoms with E-state index in [9.17, 15) is 9.59 Å². The molecule has 0 saturated heterocycles. The quantitative estimate of drug-likeness (QED) is 0.578. The van der Waals surface area contributed by atoms with Crippen molar-refractivity contribution in [2.75, 3.05) is 17.2 Å². The van der Waals surface area contributed by atoms with Gasteiger partial charge >= 0.3 is 5.97 Å². The van der Waals surface area contributed by atoms with Crippen molar-refractivity contribution in [3.63, 3.8) is 0 Å². The van der Waals surface area contributed by atoms with Crippen LogP contribution >= 0.6 is 0 Å². The van der Waals surface area contributed by atoms with Crippen LogP contribution < -0.4 is 10.6 Å². The van der Waals surface area contributed by atoms with Crippen molar-refractivity contribution in [3.8, 4) is 0 Å². The fourth-order valence-electron chi connectivity index (χ4n) is 3.98. The Labute approximate surface area is 187 Å². The van der Waals surface area contributed by atoms with E-state index in [1.165, 1.54) is 6.20 Å². The summed E-state index contributed by atoms with van der Waals surface area (Å²) in [6.45, 7) is 7.82. The summed E-state index contributed by atoms with van der Waals surface area (Å²) >= 11 is 0.